The van der Waals surface area contributed by atoms with Crippen molar-refractivity contribution in [3.63, 3.8) is 0 Å². The Hall–Kier alpha value is -2.71. The molecule has 3 aliphatic rings. The van der Waals surface area contributed by atoms with Crippen molar-refractivity contribution < 1.29 is 28.2 Å². The second kappa shape index (κ2) is 14.6. The fourth-order valence-electron chi connectivity index (χ4n) is 5.45. The van der Waals surface area contributed by atoms with Gasteiger partial charge in [0.25, 0.3) is 0 Å². The Balaban J connectivity index is 0.000000142. The summed E-state index contributed by atoms with van der Waals surface area (Å²) >= 11 is 3.31. The number of halogens is 1. The van der Waals surface area contributed by atoms with Crippen LogP contribution in [0, 0.1) is 0 Å². The molecule has 1 fully saturated rings. The summed E-state index contributed by atoms with van der Waals surface area (Å²) in [6.45, 7) is 15.1. The van der Waals surface area contributed by atoms with Gasteiger partial charge in [-0.2, -0.15) is 0 Å². The third-order valence-electron chi connectivity index (χ3n) is 9.09. The lowest BCUT2D eigenvalue weighted by Gasteiger charge is -2.32. The van der Waals surface area contributed by atoms with E-state index in [-0.39, 0.29) is 32.4 Å². The lowest BCUT2D eigenvalue weighted by molar-refractivity contribution is 0.00578. The Bertz CT molecular complexity index is 1670. The zero-order valence-electron chi connectivity index (χ0n) is 27.4. The molecule has 0 bridgehead atoms. The first-order chi connectivity index (χ1) is 21.9. The lowest BCUT2D eigenvalue weighted by Crippen LogP contribution is -2.41. The van der Waals surface area contributed by atoms with Crippen LogP contribution in [0.5, 0.6) is 0 Å². The average Bonchev–Trinajstić information content (AvgIpc) is 3.71. The molecule has 1 saturated heterocycles. The topological polar surface area (TPSA) is 117 Å². The Labute approximate surface area is 280 Å². The molecule has 2 N–H and O–H groups in total. The second-order valence-corrected chi connectivity index (χ2v) is 13.6. The molecule has 0 saturated carbocycles. The molecule has 0 radical (unpaired) electrons. The minimum Gasteiger partial charge on any atom is -0.462 e. The first kappa shape index (κ1) is 34.6. The Morgan fingerprint density at radius 2 is 1.35 bits per heavy atom. The maximum atomic E-state index is 9.53. The van der Waals surface area contributed by atoms with Crippen molar-refractivity contribution in [3.05, 3.63) is 76.8 Å². The smallest absolute Gasteiger partial charge is 0.462 e. The third-order valence-corrected chi connectivity index (χ3v) is 9.65. The molecule has 10 nitrogen and oxygen atoms in total. The molecule has 14 heteroatoms. The van der Waals surface area contributed by atoms with E-state index in [9.17, 15) is 10.0 Å². The number of pyridine rings is 2. The summed E-state index contributed by atoms with van der Waals surface area (Å²) < 4.78 is 23.6. The summed E-state index contributed by atoms with van der Waals surface area (Å²) in [7, 11) is -1.01. The maximum Gasteiger partial charge on any atom is 0.490 e. The van der Waals surface area contributed by atoms with E-state index in [2.05, 4.69) is 65.7 Å². The summed E-state index contributed by atoms with van der Waals surface area (Å²) in [4.78, 5) is 12.5. The first-order valence-corrected chi connectivity index (χ1v) is 16.5. The van der Waals surface area contributed by atoms with Gasteiger partial charge in [0.05, 0.1) is 15.7 Å². The molecule has 0 aromatic carbocycles. The van der Waals surface area contributed by atoms with Crippen molar-refractivity contribution in [1.82, 2.24) is 19.6 Å². The molecular formula is C32H42B3BrN4O6. The van der Waals surface area contributed by atoms with Gasteiger partial charge in [-0.1, -0.05) is 12.2 Å². The SMILES string of the molecule is Brc1coc2cccnc12.CB(O)N1CC=C(B2OC(C)(C)C(C)(C)O2)CC1.CB(O)N1CC=C(c2coc3cccnc23)CC1. The van der Waals surface area contributed by atoms with Crippen LogP contribution < -0.4 is 0 Å². The molecule has 4 aromatic heterocycles. The van der Waals surface area contributed by atoms with Gasteiger partial charge >= 0.3 is 21.2 Å². The number of nitrogens with zero attached hydrogens (tertiary/aromatic N) is 4. The van der Waals surface area contributed by atoms with Crippen LogP contribution in [0.4, 0.5) is 0 Å². The van der Waals surface area contributed by atoms with Gasteiger partial charge in [0.15, 0.2) is 11.2 Å². The van der Waals surface area contributed by atoms with E-state index in [1.807, 2.05) is 33.9 Å². The van der Waals surface area contributed by atoms with Crippen LogP contribution in [0.15, 0.2) is 80.1 Å². The molecule has 7 rings (SSSR count). The van der Waals surface area contributed by atoms with Crippen LogP contribution in [-0.4, -0.2) is 88.2 Å². The van der Waals surface area contributed by atoms with Crippen LogP contribution in [0.1, 0.15) is 46.1 Å². The standard InChI is InChI=1S/C13H15BN2O2.C12H23B2NO3.C7H4BrNO/c1-14(17)16-7-4-10(5-8-16)11-9-18-12-3-2-6-15-13(11)12;1-11(2)12(3,4)18-14(17-11)10-6-8-15(9-7-10)13(5)16;8-5-4-10-6-2-1-3-9-7(5)6/h2-4,6,9,17H,5,7-8H2,1H3;6,16H,7-9H2,1-5H3;1-4H. The van der Waals surface area contributed by atoms with E-state index < -0.39 is 0 Å². The normalized spacial score (nSPS) is 19.5. The highest BCUT2D eigenvalue weighted by atomic mass is 79.9. The van der Waals surface area contributed by atoms with Crippen molar-refractivity contribution in [2.24, 2.45) is 0 Å². The molecule has 242 valence electrons. The Kier molecular flexibility index (Phi) is 11.0. The second-order valence-electron chi connectivity index (χ2n) is 12.8. The predicted octanol–water partition coefficient (Wildman–Crippen LogP) is 5.98. The van der Waals surface area contributed by atoms with Gasteiger partial charge in [-0.3, -0.25) is 9.97 Å². The van der Waals surface area contributed by atoms with Gasteiger partial charge in [0.2, 0.25) is 0 Å². The Morgan fingerprint density at radius 3 is 1.87 bits per heavy atom. The monoisotopic (exact) mass is 690 g/mol. The number of hydrogen-bond acceptors (Lipinski definition) is 10. The molecule has 0 spiro atoms. The number of aromatic nitrogens is 2. The first-order valence-electron chi connectivity index (χ1n) is 15.7. The van der Waals surface area contributed by atoms with E-state index in [1.165, 1.54) is 11.0 Å². The summed E-state index contributed by atoms with van der Waals surface area (Å²) in [5, 5.41) is 19.1. The highest BCUT2D eigenvalue weighted by Crippen LogP contribution is 2.39. The van der Waals surface area contributed by atoms with Crippen molar-refractivity contribution in [2.45, 2.75) is 65.4 Å². The lowest BCUT2D eigenvalue weighted by atomic mass is 9.72. The molecule has 46 heavy (non-hydrogen) atoms. The van der Waals surface area contributed by atoms with Gasteiger partial charge in [-0.05, 0) is 119 Å². The molecule has 0 aliphatic carbocycles. The fraction of sp³-hybridized carbons (Fsp3) is 0.438. The fourth-order valence-corrected chi connectivity index (χ4v) is 5.84. The minimum absolute atomic E-state index is 0.230. The van der Waals surface area contributed by atoms with Gasteiger partial charge in [0, 0.05) is 31.0 Å². The zero-order valence-corrected chi connectivity index (χ0v) is 29.0. The average molecular weight is 691 g/mol. The molecule has 0 atom stereocenters. The molecular weight excluding hydrogens is 649 g/mol. The summed E-state index contributed by atoms with van der Waals surface area (Å²) in [5.74, 6) is 0. The molecule has 0 amide bonds. The van der Waals surface area contributed by atoms with Crippen molar-refractivity contribution in [1.29, 1.82) is 0 Å². The summed E-state index contributed by atoms with van der Waals surface area (Å²) in [6, 6.07) is 7.53. The highest BCUT2D eigenvalue weighted by molar-refractivity contribution is 9.10. The van der Waals surface area contributed by atoms with E-state index in [0.29, 0.717) is 0 Å². The van der Waals surface area contributed by atoms with Crippen molar-refractivity contribution >= 4 is 64.9 Å². The molecule has 7 heterocycles. The quantitative estimate of drug-likeness (QED) is 0.248. The van der Waals surface area contributed by atoms with Crippen LogP contribution in [0.3, 0.4) is 0 Å². The van der Waals surface area contributed by atoms with E-state index in [0.717, 1.165) is 71.3 Å². The number of rotatable bonds is 4. The van der Waals surface area contributed by atoms with Crippen LogP contribution in [-0.2, 0) is 9.31 Å². The summed E-state index contributed by atoms with van der Waals surface area (Å²) in [6.07, 6.45) is 13.0. The van der Waals surface area contributed by atoms with Gasteiger partial charge in [0.1, 0.15) is 23.6 Å². The van der Waals surface area contributed by atoms with Crippen LogP contribution in [0.2, 0.25) is 13.6 Å². The van der Waals surface area contributed by atoms with Crippen molar-refractivity contribution in [2.75, 3.05) is 26.2 Å². The third kappa shape index (κ3) is 7.87. The van der Waals surface area contributed by atoms with Crippen LogP contribution >= 0.6 is 15.9 Å². The van der Waals surface area contributed by atoms with E-state index in [1.54, 1.807) is 38.6 Å². The van der Waals surface area contributed by atoms with Gasteiger partial charge in [-0.15, -0.1) is 0 Å². The zero-order chi connectivity index (χ0) is 33.1. The Morgan fingerprint density at radius 1 is 0.804 bits per heavy atom. The molecule has 0 unspecified atom stereocenters. The maximum absolute atomic E-state index is 9.53. The van der Waals surface area contributed by atoms with Crippen molar-refractivity contribution in [3.8, 4) is 0 Å². The number of hydrogen-bond donors (Lipinski definition) is 2. The minimum atomic E-state index is -0.388. The largest absolute Gasteiger partial charge is 0.490 e. The van der Waals surface area contributed by atoms with E-state index in [4.69, 9.17) is 18.1 Å². The number of furan rings is 2. The summed E-state index contributed by atoms with van der Waals surface area (Å²) in [5.41, 5.74) is 6.42. The van der Waals surface area contributed by atoms with E-state index >= 15 is 0 Å². The molecule has 4 aromatic rings. The van der Waals surface area contributed by atoms with Gasteiger partial charge < -0.3 is 37.8 Å². The predicted molar refractivity (Wildman–Crippen MR) is 188 cm³/mol. The molecule has 3 aliphatic heterocycles. The number of fused-ring (bicyclic) bond motifs is 2. The van der Waals surface area contributed by atoms with Gasteiger partial charge in [-0.25, -0.2) is 0 Å². The van der Waals surface area contributed by atoms with Crippen LogP contribution in [0.25, 0.3) is 27.8 Å². The highest BCUT2D eigenvalue weighted by Gasteiger charge is 2.52.